The summed E-state index contributed by atoms with van der Waals surface area (Å²) in [5.41, 5.74) is 9.44. The molecule has 4 rings (SSSR count). The van der Waals surface area contributed by atoms with Crippen molar-refractivity contribution in [3.63, 3.8) is 0 Å². The molecule has 0 radical (unpaired) electrons. The number of ether oxygens (including phenoxy) is 1. The molecule has 0 spiro atoms. The van der Waals surface area contributed by atoms with Gasteiger partial charge in [0.05, 0.1) is 35.9 Å². The van der Waals surface area contributed by atoms with Crippen molar-refractivity contribution in [2.75, 3.05) is 19.5 Å². The molecule has 25 heavy (non-hydrogen) atoms. The molecule has 4 N–H and O–H groups in total. The van der Waals surface area contributed by atoms with Crippen LogP contribution in [-0.4, -0.2) is 49.9 Å². The fraction of sp³-hybridized carbons (Fsp3) is 0.235. The first kappa shape index (κ1) is 15.6. The van der Waals surface area contributed by atoms with E-state index in [0.29, 0.717) is 12.4 Å². The van der Waals surface area contributed by atoms with Gasteiger partial charge in [0.1, 0.15) is 11.3 Å². The SMILES string of the molecule is COC[C@@H](O)Cn1cc2c(N)nc3cc(-c4cc[nH]n4)ccc3c2n1. The van der Waals surface area contributed by atoms with Gasteiger partial charge in [-0.3, -0.25) is 9.78 Å². The second-order valence-corrected chi connectivity index (χ2v) is 5.91. The molecule has 8 nitrogen and oxygen atoms in total. The number of aliphatic hydroxyl groups is 1. The Balaban J connectivity index is 1.81. The molecule has 0 bridgehead atoms. The average Bonchev–Trinajstić information content (AvgIpc) is 3.24. The van der Waals surface area contributed by atoms with E-state index in [4.69, 9.17) is 10.5 Å². The van der Waals surface area contributed by atoms with E-state index in [1.54, 1.807) is 24.2 Å². The highest BCUT2D eigenvalue weighted by Gasteiger charge is 2.14. The highest BCUT2D eigenvalue weighted by atomic mass is 16.5. The Labute approximate surface area is 143 Å². The zero-order valence-electron chi connectivity index (χ0n) is 13.7. The lowest BCUT2D eigenvalue weighted by Crippen LogP contribution is -2.21. The molecular formula is C17H18N6O2. The molecule has 0 amide bonds. The number of rotatable bonds is 5. The highest BCUT2D eigenvalue weighted by Crippen LogP contribution is 2.29. The number of aliphatic hydroxyl groups excluding tert-OH is 1. The third-order valence-electron chi connectivity index (χ3n) is 4.08. The maximum Gasteiger partial charge on any atom is 0.135 e. The second-order valence-electron chi connectivity index (χ2n) is 5.91. The number of nitrogens with one attached hydrogen (secondary N) is 1. The number of aromatic amines is 1. The van der Waals surface area contributed by atoms with Gasteiger partial charge in [-0.15, -0.1) is 0 Å². The van der Waals surface area contributed by atoms with Crippen LogP contribution in [0.5, 0.6) is 0 Å². The zero-order valence-corrected chi connectivity index (χ0v) is 13.7. The minimum absolute atomic E-state index is 0.248. The summed E-state index contributed by atoms with van der Waals surface area (Å²) in [5, 5.41) is 23.2. The first-order chi connectivity index (χ1) is 12.2. The Hall–Kier alpha value is -2.97. The van der Waals surface area contributed by atoms with Crippen molar-refractivity contribution < 1.29 is 9.84 Å². The van der Waals surface area contributed by atoms with Gasteiger partial charge in [0, 0.05) is 30.5 Å². The number of nitrogens with zero attached hydrogens (tertiary/aromatic N) is 4. The van der Waals surface area contributed by atoms with Gasteiger partial charge < -0.3 is 15.6 Å². The van der Waals surface area contributed by atoms with Crippen LogP contribution in [0.1, 0.15) is 0 Å². The van der Waals surface area contributed by atoms with E-state index in [2.05, 4.69) is 20.3 Å². The van der Waals surface area contributed by atoms with Crippen LogP contribution in [0.3, 0.4) is 0 Å². The third kappa shape index (κ3) is 2.81. The number of nitrogens with two attached hydrogens (primary N) is 1. The number of fused-ring (bicyclic) bond motifs is 3. The van der Waals surface area contributed by atoms with Gasteiger partial charge in [0.2, 0.25) is 0 Å². The van der Waals surface area contributed by atoms with Gasteiger partial charge in [-0.1, -0.05) is 6.07 Å². The van der Waals surface area contributed by atoms with Gasteiger partial charge in [0.15, 0.2) is 0 Å². The number of hydrogen-bond acceptors (Lipinski definition) is 6. The molecule has 1 atom stereocenters. The number of anilines is 1. The first-order valence-corrected chi connectivity index (χ1v) is 7.89. The Bertz CT molecular complexity index is 1020. The number of benzene rings is 1. The summed E-state index contributed by atoms with van der Waals surface area (Å²) in [6.45, 7) is 0.576. The summed E-state index contributed by atoms with van der Waals surface area (Å²) >= 11 is 0. The number of hydrogen-bond donors (Lipinski definition) is 3. The normalized spacial score (nSPS) is 12.9. The number of methoxy groups -OCH3 is 1. The van der Waals surface area contributed by atoms with Crippen molar-refractivity contribution in [1.29, 1.82) is 0 Å². The fourth-order valence-electron chi connectivity index (χ4n) is 2.96. The van der Waals surface area contributed by atoms with E-state index in [0.717, 1.165) is 33.1 Å². The molecule has 3 heterocycles. The summed E-state index contributed by atoms with van der Waals surface area (Å²) in [4.78, 5) is 4.50. The summed E-state index contributed by atoms with van der Waals surface area (Å²) in [5.74, 6) is 0.411. The van der Waals surface area contributed by atoms with E-state index < -0.39 is 6.10 Å². The maximum atomic E-state index is 9.91. The lowest BCUT2D eigenvalue weighted by atomic mass is 10.1. The Morgan fingerprint density at radius 1 is 1.32 bits per heavy atom. The molecule has 0 saturated heterocycles. The topological polar surface area (TPSA) is 115 Å². The number of H-pyrrole nitrogens is 1. The molecule has 0 saturated carbocycles. The van der Waals surface area contributed by atoms with E-state index in [1.807, 2.05) is 24.3 Å². The minimum Gasteiger partial charge on any atom is -0.389 e. The fourth-order valence-corrected chi connectivity index (χ4v) is 2.96. The molecule has 0 aliphatic heterocycles. The van der Waals surface area contributed by atoms with Crippen LogP contribution in [-0.2, 0) is 11.3 Å². The van der Waals surface area contributed by atoms with Gasteiger partial charge >= 0.3 is 0 Å². The number of pyridine rings is 1. The van der Waals surface area contributed by atoms with Crippen LogP contribution < -0.4 is 5.73 Å². The molecule has 0 aliphatic carbocycles. The van der Waals surface area contributed by atoms with E-state index >= 15 is 0 Å². The summed E-state index contributed by atoms with van der Waals surface area (Å²) in [6.07, 6.45) is 2.95. The highest BCUT2D eigenvalue weighted by molar-refractivity contribution is 6.08. The Morgan fingerprint density at radius 3 is 2.96 bits per heavy atom. The Morgan fingerprint density at radius 2 is 2.20 bits per heavy atom. The molecule has 3 aromatic heterocycles. The second kappa shape index (κ2) is 6.15. The smallest absolute Gasteiger partial charge is 0.135 e. The summed E-state index contributed by atoms with van der Waals surface area (Å²) < 4.78 is 6.63. The van der Waals surface area contributed by atoms with Gasteiger partial charge in [-0.05, 0) is 18.2 Å². The van der Waals surface area contributed by atoms with Crippen molar-refractivity contribution >= 4 is 27.6 Å². The number of aromatic nitrogens is 5. The average molecular weight is 338 g/mol. The van der Waals surface area contributed by atoms with E-state index in [1.165, 1.54) is 0 Å². The van der Waals surface area contributed by atoms with Crippen molar-refractivity contribution in [1.82, 2.24) is 25.0 Å². The molecular weight excluding hydrogens is 320 g/mol. The molecule has 0 fully saturated rings. The van der Waals surface area contributed by atoms with Crippen molar-refractivity contribution in [3.05, 3.63) is 36.7 Å². The molecule has 1 aromatic carbocycles. The first-order valence-electron chi connectivity index (χ1n) is 7.89. The van der Waals surface area contributed by atoms with E-state index in [9.17, 15) is 5.11 Å². The summed E-state index contributed by atoms with van der Waals surface area (Å²) in [6, 6.07) is 7.79. The lowest BCUT2D eigenvalue weighted by molar-refractivity contribution is 0.0515. The predicted octanol–water partition coefficient (Wildman–Crippen LogP) is 1.56. The van der Waals surface area contributed by atoms with Gasteiger partial charge in [-0.2, -0.15) is 10.2 Å². The van der Waals surface area contributed by atoms with Crippen LogP contribution >= 0.6 is 0 Å². The molecule has 0 aliphatic rings. The predicted molar refractivity (Wildman–Crippen MR) is 94.9 cm³/mol. The quantitative estimate of drug-likeness (QED) is 0.509. The minimum atomic E-state index is -0.633. The Kier molecular flexibility index (Phi) is 3.83. The van der Waals surface area contributed by atoms with Crippen LogP contribution in [0.25, 0.3) is 33.1 Å². The molecule has 0 unspecified atom stereocenters. The monoisotopic (exact) mass is 338 g/mol. The standard InChI is InChI=1S/C17H18N6O2/c1-25-9-11(24)7-23-8-13-16(22-23)12-3-2-10(14-4-5-19-21-14)6-15(12)20-17(13)18/h2-6,8,11,24H,7,9H2,1H3,(H2,18,20)(H,19,21)/t11-/m0/s1. The van der Waals surface area contributed by atoms with E-state index in [-0.39, 0.29) is 6.61 Å². The maximum absolute atomic E-state index is 9.91. The molecule has 128 valence electrons. The lowest BCUT2D eigenvalue weighted by Gasteiger charge is -2.08. The van der Waals surface area contributed by atoms with Gasteiger partial charge in [-0.25, -0.2) is 4.98 Å². The van der Waals surface area contributed by atoms with Crippen LogP contribution in [0.2, 0.25) is 0 Å². The van der Waals surface area contributed by atoms with Crippen molar-refractivity contribution in [3.8, 4) is 11.3 Å². The zero-order chi connectivity index (χ0) is 17.4. The van der Waals surface area contributed by atoms with Crippen LogP contribution in [0.15, 0.2) is 36.7 Å². The largest absolute Gasteiger partial charge is 0.389 e. The third-order valence-corrected chi connectivity index (χ3v) is 4.08. The number of nitrogen functional groups attached to an aromatic ring is 1. The van der Waals surface area contributed by atoms with Gasteiger partial charge in [0.25, 0.3) is 0 Å². The summed E-state index contributed by atoms with van der Waals surface area (Å²) in [7, 11) is 1.55. The van der Waals surface area contributed by atoms with Crippen LogP contribution in [0, 0.1) is 0 Å². The molecule has 8 heteroatoms. The molecule has 4 aromatic rings. The van der Waals surface area contributed by atoms with Crippen molar-refractivity contribution in [2.45, 2.75) is 12.6 Å². The van der Waals surface area contributed by atoms with Crippen molar-refractivity contribution in [2.24, 2.45) is 0 Å². The van der Waals surface area contributed by atoms with Crippen LogP contribution in [0.4, 0.5) is 5.82 Å².